The van der Waals surface area contributed by atoms with Crippen molar-refractivity contribution in [2.45, 2.75) is 74.8 Å². The molecule has 3 aliphatic carbocycles. The second-order valence-corrected chi connectivity index (χ2v) is 14.1. The summed E-state index contributed by atoms with van der Waals surface area (Å²) in [6.07, 6.45) is 8.93. The molecule has 0 spiro atoms. The van der Waals surface area contributed by atoms with E-state index in [1.54, 1.807) is 29.1 Å². The summed E-state index contributed by atoms with van der Waals surface area (Å²) in [4.78, 5) is 33.5. The third-order valence-electron chi connectivity index (χ3n) is 10.9. The number of piperidine rings is 1. The average molecular weight is 621 g/mol. The number of aromatic nitrogens is 5. The monoisotopic (exact) mass is 620 g/mol. The van der Waals surface area contributed by atoms with Crippen molar-refractivity contribution >= 4 is 33.4 Å². The minimum atomic E-state index is -0.556. The highest BCUT2D eigenvalue weighted by molar-refractivity contribution is 6.36. The van der Waals surface area contributed by atoms with Crippen LogP contribution in [0.25, 0.3) is 38.8 Å². The van der Waals surface area contributed by atoms with Crippen LogP contribution < -0.4 is 11.0 Å². The number of fused-ring (bicyclic) bond motifs is 6. The Morgan fingerprint density at radius 3 is 2.49 bits per heavy atom. The van der Waals surface area contributed by atoms with E-state index in [1.807, 2.05) is 6.07 Å². The molecule has 3 aromatic heterocycles. The Labute approximate surface area is 262 Å². The van der Waals surface area contributed by atoms with E-state index in [2.05, 4.69) is 5.32 Å². The van der Waals surface area contributed by atoms with E-state index >= 15 is 4.39 Å². The molecule has 2 aliphatic heterocycles. The summed E-state index contributed by atoms with van der Waals surface area (Å²) >= 11 is 6.67. The van der Waals surface area contributed by atoms with Crippen LogP contribution in [0.15, 0.2) is 47.5 Å². The fourth-order valence-corrected chi connectivity index (χ4v) is 8.88. The van der Waals surface area contributed by atoms with Gasteiger partial charge in [-0.1, -0.05) is 23.7 Å². The molecule has 226 valence electrons. The minimum Gasteiger partial charge on any atom is -0.508 e. The van der Waals surface area contributed by atoms with Gasteiger partial charge in [0.15, 0.2) is 5.65 Å². The van der Waals surface area contributed by atoms with Crippen molar-refractivity contribution in [2.75, 3.05) is 0 Å². The maximum atomic E-state index is 16.5. The van der Waals surface area contributed by atoms with E-state index in [4.69, 9.17) is 31.5 Å². The van der Waals surface area contributed by atoms with Gasteiger partial charge in [-0.15, -0.1) is 0 Å². The molecule has 0 amide bonds. The zero-order valence-corrected chi connectivity index (χ0v) is 25.1. The summed E-state index contributed by atoms with van der Waals surface area (Å²) in [5.74, 6) is 0.791. The Kier molecular flexibility index (Phi) is 5.43. The quantitative estimate of drug-likeness (QED) is 0.231. The Morgan fingerprint density at radius 2 is 1.73 bits per heavy atom. The Hall–Kier alpha value is -3.95. The summed E-state index contributed by atoms with van der Waals surface area (Å²) in [6, 6.07) is 10.8. The summed E-state index contributed by atoms with van der Waals surface area (Å²) in [5.41, 5.74) is 3.29. The average Bonchev–Trinajstić information content (AvgIpc) is 3.91. The van der Waals surface area contributed by atoms with Crippen LogP contribution in [0, 0.1) is 17.7 Å². The first kappa shape index (κ1) is 26.3. The largest absolute Gasteiger partial charge is 0.508 e. The third-order valence-corrected chi connectivity index (χ3v) is 11.2. The standard InChI is InChI=1S/C35H30ClFN6O2/c36-23-3-1-2-17-10-19(44)12-21(26(17)23)31-24(37)13-22-32(28-20-11-18-8-9-25(40-18)27(20)28)42-35(45)43(34(22)41-31)33-29(15-4-5-15)38-14-39-30(33)16-6-7-16/h1-3,10,12-16,18,20,25,27-28,40,44H,4-9,11H2/t18?,20-,25?,27?,28?/m0/s1. The van der Waals surface area contributed by atoms with Gasteiger partial charge in [0.2, 0.25) is 0 Å². The molecule has 5 fully saturated rings. The highest BCUT2D eigenvalue weighted by atomic mass is 35.5. The van der Waals surface area contributed by atoms with Crippen molar-refractivity contribution in [3.05, 3.63) is 81.1 Å². The summed E-state index contributed by atoms with van der Waals surface area (Å²) in [6.45, 7) is 0. The van der Waals surface area contributed by atoms with Crippen LogP contribution in [-0.4, -0.2) is 41.7 Å². The fourth-order valence-electron chi connectivity index (χ4n) is 8.59. The first-order valence-corrected chi connectivity index (χ1v) is 16.5. The van der Waals surface area contributed by atoms with Gasteiger partial charge in [-0.25, -0.2) is 28.7 Å². The van der Waals surface area contributed by atoms with Crippen molar-refractivity contribution in [3.63, 3.8) is 0 Å². The van der Waals surface area contributed by atoms with E-state index in [0.29, 0.717) is 67.7 Å². The molecule has 2 aromatic carbocycles. The zero-order valence-electron chi connectivity index (χ0n) is 24.4. The van der Waals surface area contributed by atoms with E-state index in [0.717, 1.165) is 49.9 Å². The molecule has 4 unspecified atom stereocenters. The van der Waals surface area contributed by atoms with E-state index < -0.39 is 11.5 Å². The van der Waals surface area contributed by atoms with E-state index in [9.17, 15) is 9.90 Å². The number of benzene rings is 2. The normalized spacial score (nSPS) is 26.8. The number of nitrogens with one attached hydrogen (secondary N) is 1. The van der Waals surface area contributed by atoms with Gasteiger partial charge in [-0.05, 0) is 86.4 Å². The summed E-state index contributed by atoms with van der Waals surface area (Å²) in [5, 5.41) is 16.6. The molecule has 5 aromatic rings. The van der Waals surface area contributed by atoms with Gasteiger partial charge < -0.3 is 10.4 Å². The highest BCUT2D eigenvalue weighted by Gasteiger charge is 2.61. The van der Waals surface area contributed by atoms with Gasteiger partial charge >= 0.3 is 5.69 Å². The predicted molar refractivity (Wildman–Crippen MR) is 169 cm³/mol. The number of phenols is 1. The van der Waals surface area contributed by atoms with Gasteiger partial charge in [0.05, 0.1) is 22.8 Å². The molecule has 10 rings (SSSR count). The van der Waals surface area contributed by atoms with Crippen LogP contribution in [0.4, 0.5) is 4.39 Å². The Balaban J connectivity index is 1.28. The maximum absolute atomic E-state index is 16.5. The van der Waals surface area contributed by atoms with E-state index in [1.165, 1.54) is 18.6 Å². The molecule has 45 heavy (non-hydrogen) atoms. The molecule has 5 aliphatic rings. The topological polar surface area (TPSA) is 106 Å². The predicted octanol–water partition coefficient (Wildman–Crippen LogP) is 6.50. The molecular weight excluding hydrogens is 591 g/mol. The van der Waals surface area contributed by atoms with Crippen molar-refractivity contribution in [3.8, 4) is 22.7 Å². The van der Waals surface area contributed by atoms with Crippen LogP contribution in [-0.2, 0) is 0 Å². The fraction of sp³-hybridized carbons (Fsp3) is 0.400. The first-order chi connectivity index (χ1) is 21.9. The van der Waals surface area contributed by atoms with Gasteiger partial charge in [0, 0.05) is 51.2 Å². The van der Waals surface area contributed by atoms with Gasteiger partial charge in [0.25, 0.3) is 0 Å². The number of aromatic hydroxyl groups is 1. The molecular formula is C35H30ClFN6O2. The summed E-state index contributed by atoms with van der Waals surface area (Å²) in [7, 11) is 0. The van der Waals surface area contributed by atoms with Gasteiger partial charge in [-0.2, -0.15) is 4.98 Å². The number of halogens is 2. The molecule has 8 nitrogen and oxygen atoms in total. The van der Waals surface area contributed by atoms with Crippen molar-refractivity contribution < 1.29 is 9.50 Å². The van der Waals surface area contributed by atoms with Crippen LogP contribution in [0.5, 0.6) is 5.75 Å². The molecule has 5 atom stereocenters. The SMILES string of the molecule is O=c1nc(C2C3C4CCC(C[C@H]23)N4)c2cc(F)c(-c3cc(O)cc4cccc(Cl)c34)nc2n1-c1c(C2CC2)ncnc1C1CC1. The van der Waals surface area contributed by atoms with Crippen LogP contribution in [0.3, 0.4) is 0 Å². The lowest BCUT2D eigenvalue weighted by Crippen LogP contribution is -2.35. The number of nitrogens with zero attached hydrogens (tertiary/aromatic N) is 5. The van der Waals surface area contributed by atoms with Crippen molar-refractivity contribution in [2.24, 2.45) is 11.8 Å². The van der Waals surface area contributed by atoms with Gasteiger partial charge in [0.1, 0.15) is 23.6 Å². The Bertz CT molecular complexity index is 2130. The number of pyridine rings is 1. The number of phenolic OH excluding ortho intramolecular Hbond substituents is 1. The molecule has 2 N–H and O–H groups in total. The lowest BCUT2D eigenvalue weighted by atomic mass is 9.99. The lowest BCUT2D eigenvalue weighted by molar-refractivity contribution is 0.387. The summed E-state index contributed by atoms with van der Waals surface area (Å²) < 4.78 is 18.1. The smallest absolute Gasteiger partial charge is 0.354 e. The molecule has 0 radical (unpaired) electrons. The second-order valence-electron chi connectivity index (χ2n) is 13.7. The van der Waals surface area contributed by atoms with Crippen LogP contribution in [0.2, 0.25) is 5.02 Å². The molecule has 2 saturated heterocycles. The molecule has 3 saturated carbocycles. The van der Waals surface area contributed by atoms with Crippen LogP contribution >= 0.6 is 11.6 Å². The third kappa shape index (κ3) is 3.96. The molecule has 2 bridgehead atoms. The lowest BCUT2D eigenvalue weighted by Gasteiger charge is -2.19. The van der Waals surface area contributed by atoms with Crippen LogP contribution in [0.1, 0.15) is 79.8 Å². The number of hydrogen-bond donors (Lipinski definition) is 2. The first-order valence-electron chi connectivity index (χ1n) is 16.1. The second kappa shape index (κ2) is 9.30. The zero-order chi connectivity index (χ0) is 30.1. The Morgan fingerprint density at radius 1 is 0.956 bits per heavy atom. The minimum absolute atomic E-state index is 0.0218. The molecule has 10 heteroatoms. The van der Waals surface area contributed by atoms with Gasteiger partial charge in [-0.3, -0.25) is 0 Å². The van der Waals surface area contributed by atoms with Crippen molar-refractivity contribution in [1.82, 2.24) is 29.8 Å². The van der Waals surface area contributed by atoms with Crippen molar-refractivity contribution in [1.29, 1.82) is 0 Å². The number of hydrogen-bond acceptors (Lipinski definition) is 7. The number of rotatable bonds is 5. The highest BCUT2D eigenvalue weighted by Crippen LogP contribution is 2.63. The maximum Gasteiger partial charge on any atom is 0.354 e. The van der Waals surface area contributed by atoms with E-state index in [-0.39, 0.29) is 29.2 Å². The molecule has 5 heterocycles.